The maximum Gasteiger partial charge on any atom is 0.268 e. The summed E-state index contributed by atoms with van der Waals surface area (Å²) < 4.78 is 0. The van der Waals surface area contributed by atoms with Gasteiger partial charge in [0.2, 0.25) is 5.88 Å². The second-order valence-electron chi connectivity index (χ2n) is 5.64. The number of hydrogen-bond acceptors (Lipinski definition) is 7. The van der Waals surface area contributed by atoms with Crippen LogP contribution in [-0.2, 0) is 6.61 Å². The van der Waals surface area contributed by atoms with Crippen molar-refractivity contribution in [3.63, 3.8) is 0 Å². The largest absolute Gasteiger partial charge is 0.492 e. The standard InChI is InChI=1S/C17H17ClN4O4S/c18-10-3-1-9(2-4-10)11-5-6-12(20-11)15(24)21-13(7-19-26)17-22-16(25)14(8-23)27-17/h1-6,13,19-20,23,25-26H,7-8H2,(H,21,24). The Balaban J connectivity index is 1.76. The van der Waals surface area contributed by atoms with Crippen molar-refractivity contribution < 1.29 is 20.2 Å². The molecule has 1 atom stereocenters. The molecule has 8 nitrogen and oxygen atoms in total. The van der Waals surface area contributed by atoms with Gasteiger partial charge in [0.05, 0.1) is 17.5 Å². The number of carbonyl (C=O) groups excluding carboxylic acids is 1. The molecule has 0 aliphatic heterocycles. The van der Waals surface area contributed by atoms with Gasteiger partial charge in [-0.1, -0.05) is 23.7 Å². The molecule has 6 N–H and O–H groups in total. The van der Waals surface area contributed by atoms with Crippen LogP contribution in [0.4, 0.5) is 0 Å². The number of nitrogens with one attached hydrogen (secondary N) is 3. The van der Waals surface area contributed by atoms with Crippen LogP contribution < -0.4 is 10.8 Å². The molecule has 3 aromatic rings. The number of H-pyrrole nitrogens is 1. The molecular weight excluding hydrogens is 392 g/mol. The number of aromatic amines is 1. The Morgan fingerprint density at radius 2 is 2.00 bits per heavy atom. The smallest absolute Gasteiger partial charge is 0.268 e. The number of thiazole rings is 1. The van der Waals surface area contributed by atoms with E-state index in [-0.39, 0.29) is 23.9 Å². The van der Waals surface area contributed by atoms with E-state index in [1.807, 2.05) is 17.6 Å². The number of aromatic nitrogens is 2. The fraction of sp³-hybridized carbons (Fsp3) is 0.176. The van der Waals surface area contributed by atoms with E-state index in [0.29, 0.717) is 15.7 Å². The van der Waals surface area contributed by atoms with Crippen LogP contribution in [0.3, 0.4) is 0 Å². The summed E-state index contributed by atoms with van der Waals surface area (Å²) in [5.41, 5.74) is 3.95. The lowest BCUT2D eigenvalue weighted by Crippen LogP contribution is -2.34. The van der Waals surface area contributed by atoms with Gasteiger partial charge in [-0.2, -0.15) is 0 Å². The van der Waals surface area contributed by atoms with E-state index in [1.165, 1.54) is 0 Å². The van der Waals surface area contributed by atoms with E-state index >= 15 is 0 Å². The highest BCUT2D eigenvalue weighted by Crippen LogP contribution is 2.28. The Labute approximate surface area is 163 Å². The Hall–Kier alpha value is -2.43. The van der Waals surface area contributed by atoms with E-state index in [0.717, 1.165) is 22.6 Å². The van der Waals surface area contributed by atoms with Gasteiger partial charge in [0.25, 0.3) is 5.91 Å². The lowest BCUT2D eigenvalue weighted by atomic mass is 10.2. The number of hydrogen-bond donors (Lipinski definition) is 6. The number of rotatable bonds is 7. The van der Waals surface area contributed by atoms with Crippen LogP contribution >= 0.6 is 22.9 Å². The van der Waals surface area contributed by atoms with Crippen molar-refractivity contribution in [3.05, 3.63) is 57.0 Å². The topological polar surface area (TPSA) is 130 Å². The van der Waals surface area contributed by atoms with Gasteiger partial charge in [-0.05, 0) is 29.8 Å². The van der Waals surface area contributed by atoms with Gasteiger partial charge in [-0.25, -0.2) is 10.5 Å². The first-order valence-corrected chi connectivity index (χ1v) is 9.13. The molecule has 142 valence electrons. The molecule has 0 aliphatic carbocycles. The molecule has 0 radical (unpaired) electrons. The first kappa shape index (κ1) is 19.3. The predicted molar refractivity (Wildman–Crippen MR) is 101 cm³/mol. The zero-order chi connectivity index (χ0) is 19.4. The van der Waals surface area contributed by atoms with E-state index in [4.69, 9.17) is 16.8 Å². The average Bonchev–Trinajstić information content (AvgIpc) is 3.29. The minimum Gasteiger partial charge on any atom is -0.492 e. The van der Waals surface area contributed by atoms with Gasteiger partial charge in [-0.3, -0.25) is 4.79 Å². The molecule has 1 amide bonds. The zero-order valence-corrected chi connectivity index (χ0v) is 15.5. The third kappa shape index (κ3) is 4.46. The monoisotopic (exact) mass is 408 g/mol. The molecule has 0 bridgehead atoms. The normalized spacial score (nSPS) is 12.1. The lowest BCUT2D eigenvalue weighted by molar-refractivity contribution is 0.0912. The molecule has 0 fully saturated rings. The fourth-order valence-corrected chi connectivity index (χ4v) is 3.46. The molecule has 0 spiro atoms. The highest BCUT2D eigenvalue weighted by Gasteiger charge is 2.22. The molecule has 3 rings (SSSR count). The van der Waals surface area contributed by atoms with Crippen molar-refractivity contribution in [3.8, 4) is 17.1 Å². The molecule has 0 saturated heterocycles. The highest BCUT2D eigenvalue weighted by atomic mass is 35.5. The van der Waals surface area contributed by atoms with Crippen LogP contribution in [0.1, 0.15) is 26.4 Å². The summed E-state index contributed by atoms with van der Waals surface area (Å²) in [5.74, 6) is -0.699. The second-order valence-corrected chi connectivity index (χ2v) is 7.19. The van der Waals surface area contributed by atoms with Crippen molar-refractivity contribution in [2.24, 2.45) is 0 Å². The van der Waals surface area contributed by atoms with Crippen LogP contribution in [0.25, 0.3) is 11.3 Å². The minimum absolute atomic E-state index is 0.0195. The number of halogens is 1. The first-order valence-electron chi connectivity index (χ1n) is 7.94. The van der Waals surface area contributed by atoms with Crippen molar-refractivity contribution in [2.45, 2.75) is 12.6 Å². The van der Waals surface area contributed by atoms with Gasteiger partial charge in [-0.15, -0.1) is 11.3 Å². The molecule has 27 heavy (non-hydrogen) atoms. The Bertz CT molecular complexity index is 925. The first-order chi connectivity index (χ1) is 13.0. The van der Waals surface area contributed by atoms with Crippen LogP contribution in [0.5, 0.6) is 5.88 Å². The summed E-state index contributed by atoms with van der Waals surface area (Å²) in [5, 5.41) is 31.6. The van der Waals surface area contributed by atoms with E-state index < -0.39 is 11.9 Å². The number of aliphatic hydroxyl groups is 1. The van der Waals surface area contributed by atoms with E-state index in [9.17, 15) is 15.0 Å². The third-order valence-corrected chi connectivity index (χ3v) is 5.22. The average molecular weight is 409 g/mol. The van der Waals surface area contributed by atoms with Gasteiger partial charge in [0, 0.05) is 17.3 Å². The SMILES string of the molecule is O=C(NC(CNO)c1nc(O)c(CO)s1)c1ccc(-c2ccc(Cl)cc2)[nH]1. The number of aromatic hydroxyl groups is 1. The van der Waals surface area contributed by atoms with Crippen LogP contribution in [0.15, 0.2) is 36.4 Å². The minimum atomic E-state index is -0.694. The van der Waals surface area contributed by atoms with Gasteiger partial charge < -0.3 is 25.7 Å². The molecule has 1 unspecified atom stereocenters. The van der Waals surface area contributed by atoms with Crippen LogP contribution in [0, 0.1) is 0 Å². The highest BCUT2D eigenvalue weighted by molar-refractivity contribution is 7.12. The van der Waals surface area contributed by atoms with Gasteiger partial charge in [0.1, 0.15) is 10.7 Å². The number of carbonyl (C=O) groups is 1. The number of nitrogens with zero attached hydrogens (tertiary/aromatic N) is 1. The molecule has 10 heteroatoms. The Morgan fingerprint density at radius 1 is 1.26 bits per heavy atom. The van der Waals surface area contributed by atoms with Crippen molar-refractivity contribution in [2.75, 3.05) is 6.54 Å². The molecule has 2 heterocycles. The number of hydroxylamine groups is 1. The van der Waals surface area contributed by atoms with Gasteiger partial charge >= 0.3 is 0 Å². The predicted octanol–water partition coefficient (Wildman–Crippen LogP) is 2.44. The quantitative estimate of drug-likeness (QED) is 0.333. The number of amides is 1. The summed E-state index contributed by atoms with van der Waals surface area (Å²) in [6.45, 7) is -0.383. The molecule has 0 aliphatic rings. The molecule has 1 aromatic carbocycles. The van der Waals surface area contributed by atoms with Crippen LogP contribution in [-0.4, -0.2) is 37.8 Å². The summed E-state index contributed by atoms with van der Waals surface area (Å²) in [6, 6.07) is 9.91. The second kappa shape index (κ2) is 8.51. The fourth-order valence-electron chi connectivity index (χ4n) is 2.47. The van der Waals surface area contributed by atoms with Crippen molar-refractivity contribution >= 4 is 28.8 Å². The maximum absolute atomic E-state index is 12.6. The molecular formula is C17H17ClN4O4S. The summed E-state index contributed by atoms with van der Waals surface area (Å²) in [7, 11) is 0. The summed E-state index contributed by atoms with van der Waals surface area (Å²) in [6.07, 6.45) is 0. The maximum atomic E-state index is 12.6. The Morgan fingerprint density at radius 3 is 2.63 bits per heavy atom. The third-order valence-electron chi connectivity index (χ3n) is 3.82. The summed E-state index contributed by atoms with van der Waals surface area (Å²) in [4.78, 5) is 19.8. The van der Waals surface area contributed by atoms with E-state index in [1.54, 1.807) is 24.3 Å². The van der Waals surface area contributed by atoms with Crippen molar-refractivity contribution in [1.29, 1.82) is 0 Å². The number of aliphatic hydroxyl groups excluding tert-OH is 1. The van der Waals surface area contributed by atoms with Crippen LogP contribution in [0.2, 0.25) is 5.02 Å². The molecule has 2 aromatic heterocycles. The number of benzene rings is 1. The summed E-state index contributed by atoms with van der Waals surface area (Å²) >= 11 is 6.93. The zero-order valence-electron chi connectivity index (χ0n) is 13.9. The molecule has 0 saturated carbocycles. The Kier molecular flexibility index (Phi) is 6.09. The van der Waals surface area contributed by atoms with Gasteiger partial charge in [0.15, 0.2) is 0 Å². The van der Waals surface area contributed by atoms with E-state index in [2.05, 4.69) is 15.3 Å². The van der Waals surface area contributed by atoms with Crippen molar-refractivity contribution in [1.82, 2.24) is 20.8 Å². The lowest BCUT2D eigenvalue weighted by Gasteiger charge is -2.15.